The second kappa shape index (κ2) is 8.42. The number of methoxy groups -OCH3 is 1. The molecule has 1 aliphatic heterocycles. The zero-order chi connectivity index (χ0) is 17.5. The summed E-state index contributed by atoms with van der Waals surface area (Å²) in [6.45, 7) is 4.57. The van der Waals surface area contributed by atoms with Crippen LogP contribution in [0.2, 0.25) is 0 Å². The Kier molecular flexibility index (Phi) is 5.77. The molecular weight excluding hydrogens is 312 g/mol. The van der Waals surface area contributed by atoms with Gasteiger partial charge < -0.3 is 19.9 Å². The van der Waals surface area contributed by atoms with Crippen LogP contribution in [0.15, 0.2) is 59.6 Å². The van der Waals surface area contributed by atoms with Crippen molar-refractivity contribution >= 4 is 11.6 Å². The summed E-state index contributed by atoms with van der Waals surface area (Å²) < 4.78 is 5.49. The summed E-state index contributed by atoms with van der Waals surface area (Å²) in [5.74, 6) is 1.89. The van der Waals surface area contributed by atoms with Crippen LogP contribution in [0.3, 0.4) is 0 Å². The molecule has 0 radical (unpaired) electrons. The highest BCUT2D eigenvalue weighted by Gasteiger charge is 2.21. The van der Waals surface area contributed by atoms with Crippen molar-refractivity contribution in [2.45, 2.75) is 6.54 Å². The van der Waals surface area contributed by atoms with Gasteiger partial charge >= 0.3 is 0 Å². The molecule has 5 heteroatoms. The van der Waals surface area contributed by atoms with Crippen molar-refractivity contribution in [1.82, 2.24) is 10.2 Å². The van der Waals surface area contributed by atoms with Crippen LogP contribution in [0.1, 0.15) is 5.56 Å². The van der Waals surface area contributed by atoms with Crippen LogP contribution in [0.4, 0.5) is 5.69 Å². The van der Waals surface area contributed by atoms with Crippen molar-refractivity contribution in [3.05, 3.63) is 60.2 Å². The molecule has 0 saturated carbocycles. The molecule has 0 aliphatic carbocycles. The van der Waals surface area contributed by atoms with Gasteiger partial charge in [-0.2, -0.15) is 0 Å². The van der Waals surface area contributed by atoms with Crippen LogP contribution in [-0.4, -0.2) is 51.2 Å². The SMILES string of the molecule is CN=C(NCc1ccccc1)N1CCN(c2ccccc2OC)CC1. The molecule has 1 heterocycles. The van der Waals surface area contributed by atoms with Gasteiger partial charge in [-0.25, -0.2) is 0 Å². The highest BCUT2D eigenvalue weighted by molar-refractivity contribution is 5.80. The highest BCUT2D eigenvalue weighted by Crippen LogP contribution is 2.28. The lowest BCUT2D eigenvalue weighted by atomic mass is 10.2. The fourth-order valence-electron chi connectivity index (χ4n) is 3.16. The van der Waals surface area contributed by atoms with E-state index in [4.69, 9.17) is 4.74 Å². The van der Waals surface area contributed by atoms with Crippen LogP contribution < -0.4 is 15.0 Å². The van der Waals surface area contributed by atoms with Gasteiger partial charge in [-0.05, 0) is 17.7 Å². The Hall–Kier alpha value is -2.69. The van der Waals surface area contributed by atoms with E-state index in [2.05, 4.69) is 56.5 Å². The Bertz CT molecular complexity index is 694. The number of piperazine rings is 1. The number of benzene rings is 2. The number of hydrogen-bond acceptors (Lipinski definition) is 3. The average Bonchev–Trinajstić information content (AvgIpc) is 2.70. The minimum absolute atomic E-state index is 0.792. The Morgan fingerprint density at radius 3 is 2.36 bits per heavy atom. The molecule has 0 amide bonds. The first-order chi connectivity index (χ1) is 12.3. The molecule has 0 aromatic heterocycles. The number of anilines is 1. The maximum Gasteiger partial charge on any atom is 0.194 e. The van der Waals surface area contributed by atoms with E-state index in [1.807, 2.05) is 25.2 Å². The quantitative estimate of drug-likeness (QED) is 0.687. The minimum Gasteiger partial charge on any atom is -0.495 e. The van der Waals surface area contributed by atoms with Crippen molar-refractivity contribution in [2.24, 2.45) is 4.99 Å². The van der Waals surface area contributed by atoms with E-state index in [-0.39, 0.29) is 0 Å². The van der Waals surface area contributed by atoms with Gasteiger partial charge in [0.25, 0.3) is 0 Å². The van der Waals surface area contributed by atoms with Crippen LogP contribution in [0.5, 0.6) is 5.75 Å². The van der Waals surface area contributed by atoms with Gasteiger partial charge in [0.1, 0.15) is 5.75 Å². The third-order valence-corrected chi connectivity index (χ3v) is 4.51. The summed E-state index contributed by atoms with van der Waals surface area (Å²) >= 11 is 0. The van der Waals surface area contributed by atoms with Gasteiger partial charge in [0.2, 0.25) is 0 Å². The molecule has 25 heavy (non-hydrogen) atoms. The molecule has 3 rings (SSSR count). The number of ether oxygens (including phenoxy) is 1. The van der Waals surface area contributed by atoms with Gasteiger partial charge in [-0.1, -0.05) is 42.5 Å². The highest BCUT2D eigenvalue weighted by atomic mass is 16.5. The lowest BCUT2D eigenvalue weighted by molar-refractivity contribution is 0.367. The second-order valence-corrected chi connectivity index (χ2v) is 6.03. The van der Waals surface area contributed by atoms with Gasteiger partial charge in [0, 0.05) is 39.8 Å². The number of hydrogen-bond donors (Lipinski definition) is 1. The van der Waals surface area contributed by atoms with E-state index in [9.17, 15) is 0 Å². The lowest BCUT2D eigenvalue weighted by Gasteiger charge is -2.38. The van der Waals surface area contributed by atoms with Gasteiger partial charge in [-0.3, -0.25) is 4.99 Å². The van der Waals surface area contributed by atoms with E-state index in [1.165, 1.54) is 5.56 Å². The third-order valence-electron chi connectivity index (χ3n) is 4.51. The fraction of sp³-hybridized carbons (Fsp3) is 0.350. The van der Waals surface area contributed by atoms with Crippen molar-refractivity contribution in [1.29, 1.82) is 0 Å². The molecule has 132 valence electrons. The number of rotatable bonds is 4. The Morgan fingerprint density at radius 1 is 1.00 bits per heavy atom. The molecule has 0 bridgehead atoms. The standard InChI is InChI=1S/C20H26N4O/c1-21-20(22-16-17-8-4-3-5-9-17)24-14-12-23(13-15-24)18-10-6-7-11-19(18)25-2/h3-11H,12-16H2,1-2H3,(H,21,22). The summed E-state index contributed by atoms with van der Waals surface area (Å²) in [6, 6.07) is 18.6. The zero-order valence-electron chi connectivity index (χ0n) is 15.0. The first-order valence-corrected chi connectivity index (χ1v) is 8.69. The monoisotopic (exact) mass is 338 g/mol. The Morgan fingerprint density at radius 2 is 1.68 bits per heavy atom. The summed E-state index contributed by atoms with van der Waals surface area (Å²) in [5, 5.41) is 3.47. The maximum absolute atomic E-state index is 5.49. The molecule has 0 atom stereocenters. The fourth-order valence-corrected chi connectivity index (χ4v) is 3.16. The van der Waals surface area contributed by atoms with E-state index in [1.54, 1.807) is 7.11 Å². The van der Waals surface area contributed by atoms with Crippen molar-refractivity contribution in [2.75, 3.05) is 45.2 Å². The van der Waals surface area contributed by atoms with Crippen LogP contribution in [-0.2, 0) is 6.54 Å². The minimum atomic E-state index is 0.792. The summed E-state index contributed by atoms with van der Waals surface area (Å²) in [4.78, 5) is 9.14. The predicted octanol–water partition coefficient (Wildman–Crippen LogP) is 2.59. The van der Waals surface area contributed by atoms with Crippen LogP contribution >= 0.6 is 0 Å². The smallest absolute Gasteiger partial charge is 0.194 e. The topological polar surface area (TPSA) is 40.1 Å². The Labute approximate surface area is 149 Å². The summed E-state index contributed by atoms with van der Waals surface area (Å²) in [7, 11) is 3.57. The van der Waals surface area contributed by atoms with Crippen molar-refractivity contribution in [3.63, 3.8) is 0 Å². The van der Waals surface area contributed by atoms with Crippen LogP contribution in [0, 0.1) is 0 Å². The third kappa shape index (κ3) is 4.24. The maximum atomic E-state index is 5.49. The van der Waals surface area contributed by atoms with Gasteiger partial charge in [0.05, 0.1) is 12.8 Å². The molecule has 2 aromatic carbocycles. The molecule has 2 aromatic rings. The lowest BCUT2D eigenvalue weighted by Crippen LogP contribution is -2.52. The molecule has 0 spiro atoms. The zero-order valence-corrected chi connectivity index (χ0v) is 15.0. The van der Waals surface area contributed by atoms with Gasteiger partial charge in [-0.15, -0.1) is 0 Å². The van der Waals surface area contributed by atoms with Crippen molar-refractivity contribution < 1.29 is 4.74 Å². The largest absolute Gasteiger partial charge is 0.495 e. The molecule has 1 N–H and O–H groups in total. The molecule has 1 fully saturated rings. The molecule has 1 aliphatic rings. The average molecular weight is 338 g/mol. The molecule has 5 nitrogen and oxygen atoms in total. The van der Waals surface area contributed by atoms with Gasteiger partial charge in [0.15, 0.2) is 5.96 Å². The van der Waals surface area contributed by atoms with Crippen molar-refractivity contribution in [3.8, 4) is 5.75 Å². The summed E-state index contributed by atoms with van der Waals surface area (Å²) in [6.07, 6.45) is 0. The van der Waals surface area contributed by atoms with E-state index in [0.717, 1.165) is 50.1 Å². The molecule has 1 saturated heterocycles. The number of aliphatic imine (C=N–C) groups is 1. The number of para-hydroxylation sites is 2. The van der Waals surface area contributed by atoms with E-state index < -0.39 is 0 Å². The van der Waals surface area contributed by atoms with E-state index >= 15 is 0 Å². The number of nitrogens with zero attached hydrogens (tertiary/aromatic N) is 3. The van der Waals surface area contributed by atoms with Crippen LogP contribution in [0.25, 0.3) is 0 Å². The first-order valence-electron chi connectivity index (χ1n) is 8.69. The first kappa shape index (κ1) is 17.1. The second-order valence-electron chi connectivity index (χ2n) is 6.03. The normalized spacial score (nSPS) is 15.2. The number of nitrogens with one attached hydrogen (secondary N) is 1. The summed E-state index contributed by atoms with van der Waals surface area (Å²) in [5.41, 5.74) is 2.42. The molecular formula is C20H26N4O. The van der Waals surface area contributed by atoms with E-state index in [0.29, 0.717) is 0 Å². The Balaban J connectivity index is 1.57. The molecule has 0 unspecified atom stereocenters. The number of guanidine groups is 1. The predicted molar refractivity (Wildman–Crippen MR) is 103 cm³/mol.